The summed E-state index contributed by atoms with van der Waals surface area (Å²) in [4.78, 5) is 28.7. The molecule has 190 valence electrons. The van der Waals surface area contributed by atoms with E-state index in [9.17, 15) is 9.59 Å². The molecule has 3 aromatic rings. The molecule has 1 atom stereocenters. The number of hydrogen-bond acceptors (Lipinski definition) is 3. The number of hydrogen-bond donors (Lipinski definition) is 1. The maximum Gasteiger partial charge on any atom is 0.261 e. The van der Waals surface area contributed by atoms with Crippen LogP contribution in [0.5, 0.6) is 5.75 Å². The first-order valence-electron chi connectivity index (χ1n) is 12.4. The average Bonchev–Trinajstić information content (AvgIpc) is 2.88. The van der Waals surface area contributed by atoms with Crippen molar-refractivity contribution >= 4 is 23.4 Å². The van der Waals surface area contributed by atoms with E-state index in [1.165, 1.54) is 0 Å². The first-order chi connectivity index (χ1) is 17.4. The maximum atomic E-state index is 13.7. The maximum absolute atomic E-state index is 13.7. The van der Waals surface area contributed by atoms with Gasteiger partial charge in [-0.2, -0.15) is 0 Å². The van der Waals surface area contributed by atoms with Crippen molar-refractivity contribution in [2.24, 2.45) is 0 Å². The molecule has 0 aliphatic rings. The molecule has 0 saturated carbocycles. The van der Waals surface area contributed by atoms with Gasteiger partial charge in [-0.3, -0.25) is 9.59 Å². The number of benzene rings is 3. The zero-order valence-corrected chi connectivity index (χ0v) is 22.1. The van der Waals surface area contributed by atoms with Crippen molar-refractivity contribution < 1.29 is 14.3 Å². The number of unbranched alkanes of at least 4 members (excludes halogenated alkanes) is 1. The van der Waals surface area contributed by atoms with E-state index >= 15 is 0 Å². The van der Waals surface area contributed by atoms with E-state index < -0.39 is 6.04 Å². The second-order valence-corrected chi connectivity index (χ2v) is 9.43. The van der Waals surface area contributed by atoms with Crippen LogP contribution in [0, 0.1) is 13.8 Å². The molecule has 0 heterocycles. The molecule has 0 radical (unpaired) electrons. The van der Waals surface area contributed by atoms with Crippen molar-refractivity contribution in [3.63, 3.8) is 0 Å². The number of rotatable bonds is 12. The highest BCUT2D eigenvalue weighted by atomic mass is 35.5. The molecule has 3 rings (SSSR count). The molecule has 0 bridgehead atoms. The molecule has 0 unspecified atom stereocenters. The van der Waals surface area contributed by atoms with Gasteiger partial charge in [0.15, 0.2) is 6.61 Å². The highest BCUT2D eigenvalue weighted by Crippen LogP contribution is 2.22. The van der Waals surface area contributed by atoms with Crippen LogP contribution in [-0.4, -0.2) is 35.9 Å². The average molecular weight is 507 g/mol. The first kappa shape index (κ1) is 27.3. The number of carbonyl (C=O) groups excluding carboxylic acids is 2. The van der Waals surface area contributed by atoms with Crippen molar-refractivity contribution in [2.45, 2.75) is 52.6 Å². The third-order valence-corrected chi connectivity index (χ3v) is 6.46. The topological polar surface area (TPSA) is 58.6 Å². The number of ether oxygens (including phenoxy) is 1. The summed E-state index contributed by atoms with van der Waals surface area (Å²) in [5.74, 6) is 0.204. The smallest absolute Gasteiger partial charge is 0.261 e. The molecule has 0 fully saturated rings. The summed E-state index contributed by atoms with van der Waals surface area (Å²) in [6, 6.07) is 22.3. The van der Waals surface area contributed by atoms with E-state index in [1.54, 1.807) is 11.0 Å². The van der Waals surface area contributed by atoms with Crippen LogP contribution in [0.4, 0.5) is 0 Å². The minimum Gasteiger partial charge on any atom is -0.483 e. The lowest BCUT2D eigenvalue weighted by Crippen LogP contribution is -2.51. The number of nitrogens with zero attached hydrogens (tertiary/aromatic N) is 1. The normalized spacial score (nSPS) is 11.6. The third kappa shape index (κ3) is 7.85. The third-order valence-electron chi connectivity index (χ3n) is 6.09. The van der Waals surface area contributed by atoms with Crippen molar-refractivity contribution in [3.8, 4) is 5.75 Å². The number of amides is 2. The molecular formula is C30H35ClN2O3. The van der Waals surface area contributed by atoms with E-state index in [0.29, 0.717) is 23.7 Å². The summed E-state index contributed by atoms with van der Waals surface area (Å²) in [7, 11) is 0. The monoisotopic (exact) mass is 506 g/mol. The number of carbonyl (C=O) groups is 2. The molecule has 0 aliphatic heterocycles. The molecule has 0 aromatic heterocycles. The fourth-order valence-corrected chi connectivity index (χ4v) is 4.15. The molecule has 0 spiro atoms. The van der Waals surface area contributed by atoms with E-state index in [0.717, 1.165) is 35.1 Å². The first-order valence-corrected chi connectivity index (χ1v) is 12.8. The van der Waals surface area contributed by atoms with Gasteiger partial charge in [-0.05, 0) is 54.7 Å². The predicted molar refractivity (Wildman–Crippen MR) is 145 cm³/mol. The lowest BCUT2D eigenvalue weighted by molar-refractivity contribution is -0.142. The van der Waals surface area contributed by atoms with Crippen LogP contribution in [0.2, 0.25) is 5.02 Å². The van der Waals surface area contributed by atoms with Crippen LogP contribution in [-0.2, 0) is 22.6 Å². The van der Waals surface area contributed by atoms with Gasteiger partial charge in [-0.15, -0.1) is 0 Å². The molecule has 2 amide bonds. The minimum absolute atomic E-state index is 0.178. The molecule has 1 N–H and O–H groups in total. The Bertz CT molecular complexity index is 1150. The summed E-state index contributed by atoms with van der Waals surface area (Å²) in [5, 5.41) is 3.57. The van der Waals surface area contributed by atoms with Crippen molar-refractivity contribution in [1.82, 2.24) is 10.2 Å². The molecule has 0 aliphatic carbocycles. The van der Waals surface area contributed by atoms with E-state index in [2.05, 4.69) is 12.2 Å². The van der Waals surface area contributed by atoms with Gasteiger partial charge in [0, 0.05) is 24.5 Å². The number of aryl methyl sites for hydroxylation is 2. The Labute approximate surface area is 219 Å². The van der Waals surface area contributed by atoms with E-state index in [4.69, 9.17) is 16.3 Å². The number of nitrogens with one attached hydrogen (secondary N) is 1. The van der Waals surface area contributed by atoms with Gasteiger partial charge in [0.25, 0.3) is 5.91 Å². The SMILES string of the molecule is CCCCNC(=O)[C@H](Cc1ccccc1)N(Cc1ccccc1Cl)C(=O)COc1cc(C)ccc1C. The Morgan fingerprint density at radius 1 is 1.00 bits per heavy atom. The zero-order valence-electron chi connectivity index (χ0n) is 21.3. The van der Waals surface area contributed by atoms with Crippen LogP contribution in [0.3, 0.4) is 0 Å². The zero-order chi connectivity index (χ0) is 25.9. The van der Waals surface area contributed by atoms with Crippen molar-refractivity contribution in [1.29, 1.82) is 0 Å². The lowest BCUT2D eigenvalue weighted by Gasteiger charge is -2.32. The Morgan fingerprint density at radius 3 is 2.44 bits per heavy atom. The Morgan fingerprint density at radius 2 is 1.72 bits per heavy atom. The van der Waals surface area contributed by atoms with E-state index in [1.807, 2.05) is 80.6 Å². The molecule has 0 saturated heterocycles. The van der Waals surface area contributed by atoms with Crippen LogP contribution in [0.25, 0.3) is 0 Å². The summed E-state index contributed by atoms with van der Waals surface area (Å²) in [5.41, 5.74) is 3.75. The van der Waals surface area contributed by atoms with Gasteiger partial charge in [0.2, 0.25) is 5.91 Å². The van der Waals surface area contributed by atoms with Crippen LogP contribution < -0.4 is 10.1 Å². The van der Waals surface area contributed by atoms with Gasteiger partial charge in [-0.25, -0.2) is 0 Å². The fraction of sp³-hybridized carbons (Fsp3) is 0.333. The fourth-order valence-electron chi connectivity index (χ4n) is 3.96. The predicted octanol–water partition coefficient (Wildman–Crippen LogP) is 5.89. The van der Waals surface area contributed by atoms with Gasteiger partial charge < -0.3 is 15.0 Å². The standard InChI is InChI=1S/C30H35ClN2O3/c1-4-5-17-32-30(35)27(19-24-11-7-6-8-12-24)33(20-25-13-9-10-14-26(25)31)29(34)21-36-28-18-22(2)15-16-23(28)3/h6-16,18,27H,4-5,17,19-21H2,1-3H3,(H,32,35)/t27-/m0/s1. The van der Waals surface area contributed by atoms with Crippen LogP contribution in [0.15, 0.2) is 72.8 Å². The molecular weight excluding hydrogens is 472 g/mol. The van der Waals surface area contributed by atoms with Gasteiger partial charge in [0.1, 0.15) is 11.8 Å². The summed E-state index contributed by atoms with van der Waals surface area (Å²) in [6.45, 7) is 6.59. The Kier molecular flexibility index (Phi) is 10.4. The second kappa shape index (κ2) is 13.7. The second-order valence-electron chi connectivity index (χ2n) is 9.02. The van der Waals surface area contributed by atoms with Gasteiger partial charge in [-0.1, -0.05) is 85.6 Å². The van der Waals surface area contributed by atoms with Crippen LogP contribution >= 0.6 is 11.6 Å². The van der Waals surface area contributed by atoms with Gasteiger partial charge >= 0.3 is 0 Å². The van der Waals surface area contributed by atoms with Crippen LogP contribution in [0.1, 0.15) is 42.0 Å². The Balaban J connectivity index is 1.91. The lowest BCUT2D eigenvalue weighted by atomic mass is 10.0. The molecule has 36 heavy (non-hydrogen) atoms. The van der Waals surface area contributed by atoms with Crippen molar-refractivity contribution in [2.75, 3.05) is 13.2 Å². The quantitative estimate of drug-likeness (QED) is 0.311. The summed E-state index contributed by atoms with van der Waals surface area (Å²) >= 11 is 6.46. The van der Waals surface area contributed by atoms with E-state index in [-0.39, 0.29) is 25.0 Å². The highest BCUT2D eigenvalue weighted by molar-refractivity contribution is 6.31. The van der Waals surface area contributed by atoms with Crippen molar-refractivity contribution in [3.05, 3.63) is 100 Å². The molecule has 3 aromatic carbocycles. The highest BCUT2D eigenvalue weighted by Gasteiger charge is 2.31. The molecule has 6 heteroatoms. The number of halogens is 1. The summed E-state index contributed by atoms with van der Waals surface area (Å²) < 4.78 is 5.95. The van der Waals surface area contributed by atoms with Gasteiger partial charge in [0.05, 0.1) is 0 Å². The largest absolute Gasteiger partial charge is 0.483 e. The Hall–Kier alpha value is -3.31. The molecule has 5 nitrogen and oxygen atoms in total. The summed E-state index contributed by atoms with van der Waals surface area (Å²) in [6.07, 6.45) is 2.23. The minimum atomic E-state index is -0.713.